The van der Waals surface area contributed by atoms with Crippen molar-refractivity contribution >= 4 is 11.3 Å². The summed E-state index contributed by atoms with van der Waals surface area (Å²) in [6, 6.07) is 6.34. The molecule has 0 aliphatic heterocycles. The lowest BCUT2D eigenvalue weighted by atomic mass is 10.1. The lowest BCUT2D eigenvalue weighted by Gasteiger charge is -1.97. The van der Waals surface area contributed by atoms with Crippen LogP contribution in [-0.2, 0) is 12.8 Å². The molecule has 0 radical (unpaired) electrons. The molecule has 0 bridgehead atoms. The highest BCUT2D eigenvalue weighted by Gasteiger charge is 1.94. The zero-order valence-electron chi connectivity index (χ0n) is 7.31. The van der Waals surface area contributed by atoms with Crippen molar-refractivity contribution in [1.82, 2.24) is 4.98 Å². The molecule has 2 heterocycles. The molecule has 13 heavy (non-hydrogen) atoms. The Morgan fingerprint density at radius 2 is 1.77 bits per heavy atom. The van der Waals surface area contributed by atoms with Crippen molar-refractivity contribution in [3.63, 3.8) is 0 Å². The predicted octanol–water partition coefficient (Wildman–Crippen LogP) is 2.93. The molecule has 66 valence electrons. The molecule has 0 fully saturated rings. The van der Waals surface area contributed by atoms with Gasteiger partial charge in [-0.1, -0.05) is 0 Å². The van der Waals surface area contributed by atoms with Crippen molar-refractivity contribution in [3.05, 3.63) is 52.5 Å². The molecule has 0 amide bonds. The van der Waals surface area contributed by atoms with Crippen LogP contribution in [0.5, 0.6) is 0 Å². The average molecular weight is 189 g/mol. The monoisotopic (exact) mass is 189 g/mol. The van der Waals surface area contributed by atoms with Gasteiger partial charge in [-0.05, 0) is 52.9 Å². The molecule has 2 aromatic rings. The summed E-state index contributed by atoms with van der Waals surface area (Å²) in [5.41, 5.74) is 2.79. The topological polar surface area (TPSA) is 12.9 Å². The maximum absolute atomic E-state index is 3.99. The molecule has 0 N–H and O–H groups in total. The second-order valence-corrected chi connectivity index (χ2v) is 3.77. The molecule has 0 saturated carbocycles. The van der Waals surface area contributed by atoms with Crippen LogP contribution in [0, 0.1) is 0 Å². The molecule has 0 saturated heterocycles. The Kier molecular flexibility index (Phi) is 2.72. The van der Waals surface area contributed by atoms with Gasteiger partial charge in [0.05, 0.1) is 0 Å². The van der Waals surface area contributed by atoms with Gasteiger partial charge in [-0.3, -0.25) is 4.98 Å². The van der Waals surface area contributed by atoms with Crippen LogP contribution < -0.4 is 0 Å². The van der Waals surface area contributed by atoms with E-state index >= 15 is 0 Å². The third-order valence-corrected chi connectivity index (χ3v) is 2.76. The standard InChI is InChI=1S/C11H11NS/c1(2-11-5-8-13-9-11)10-3-6-12-7-4-10/h3-9H,1-2H2. The first-order valence-electron chi connectivity index (χ1n) is 4.35. The first-order valence-corrected chi connectivity index (χ1v) is 5.29. The number of hydrogen-bond acceptors (Lipinski definition) is 2. The fraction of sp³-hybridized carbons (Fsp3) is 0.182. The van der Waals surface area contributed by atoms with E-state index < -0.39 is 0 Å². The largest absolute Gasteiger partial charge is 0.265 e. The van der Waals surface area contributed by atoms with E-state index in [1.54, 1.807) is 11.3 Å². The number of rotatable bonds is 3. The van der Waals surface area contributed by atoms with E-state index in [9.17, 15) is 0 Å². The van der Waals surface area contributed by atoms with Crippen LogP contribution >= 0.6 is 11.3 Å². The minimum Gasteiger partial charge on any atom is -0.265 e. The van der Waals surface area contributed by atoms with Gasteiger partial charge in [-0.2, -0.15) is 11.3 Å². The second kappa shape index (κ2) is 4.19. The van der Waals surface area contributed by atoms with E-state index in [0.717, 1.165) is 12.8 Å². The van der Waals surface area contributed by atoms with Gasteiger partial charge in [-0.15, -0.1) is 0 Å². The quantitative estimate of drug-likeness (QED) is 0.723. The Morgan fingerprint density at radius 3 is 2.46 bits per heavy atom. The van der Waals surface area contributed by atoms with Gasteiger partial charge in [0, 0.05) is 12.4 Å². The smallest absolute Gasteiger partial charge is 0.0270 e. The zero-order chi connectivity index (χ0) is 8.93. The van der Waals surface area contributed by atoms with Crippen LogP contribution in [0.4, 0.5) is 0 Å². The second-order valence-electron chi connectivity index (χ2n) is 2.99. The lowest BCUT2D eigenvalue weighted by molar-refractivity contribution is 0.961. The van der Waals surface area contributed by atoms with Crippen LogP contribution in [0.15, 0.2) is 41.4 Å². The Hall–Kier alpha value is -1.15. The SMILES string of the molecule is c1cc(CCc2ccsc2)ccn1. The molecule has 2 aromatic heterocycles. The van der Waals surface area contributed by atoms with E-state index in [1.807, 2.05) is 12.4 Å². The zero-order valence-corrected chi connectivity index (χ0v) is 8.13. The van der Waals surface area contributed by atoms with Crippen molar-refractivity contribution in [3.8, 4) is 0 Å². The van der Waals surface area contributed by atoms with E-state index in [-0.39, 0.29) is 0 Å². The predicted molar refractivity (Wildman–Crippen MR) is 56.0 cm³/mol. The fourth-order valence-electron chi connectivity index (χ4n) is 1.27. The average Bonchev–Trinajstić information content (AvgIpc) is 2.69. The minimum absolute atomic E-state index is 1.11. The van der Waals surface area contributed by atoms with Gasteiger partial charge >= 0.3 is 0 Å². The van der Waals surface area contributed by atoms with E-state index in [2.05, 4.69) is 33.9 Å². The number of aryl methyl sites for hydroxylation is 2. The Bertz CT molecular complexity index is 340. The maximum atomic E-state index is 3.99. The summed E-state index contributed by atoms with van der Waals surface area (Å²) in [5, 5.41) is 4.34. The van der Waals surface area contributed by atoms with E-state index in [4.69, 9.17) is 0 Å². The first-order chi connectivity index (χ1) is 6.45. The molecule has 1 nitrogen and oxygen atoms in total. The summed E-state index contributed by atoms with van der Waals surface area (Å²) in [6.07, 6.45) is 5.94. The number of hydrogen-bond donors (Lipinski definition) is 0. The highest BCUT2D eigenvalue weighted by molar-refractivity contribution is 7.07. The molecular formula is C11H11NS. The highest BCUT2D eigenvalue weighted by atomic mass is 32.1. The van der Waals surface area contributed by atoms with E-state index in [1.165, 1.54) is 11.1 Å². The van der Waals surface area contributed by atoms with Crippen LogP contribution in [0.3, 0.4) is 0 Å². The molecular weight excluding hydrogens is 178 g/mol. The molecule has 0 spiro atoms. The van der Waals surface area contributed by atoms with Gasteiger partial charge < -0.3 is 0 Å². The fourth-order valence-corrected chi connectivity index (χ4v) is 1.98. The Labute approximate surface area is 82.1 Å². The van der Waals surface area contributed by atoms with Crippen LogP contribution in [0.2, 0.25) is 0 Å². The number of aromatic nitrogens is 1. The van der Waals surface area contributed by atoms with Crippen molar-refractivity contribution in [2.24, 2.45) is 0 Å². The van der Waals surface area contributed by atoms with Crippen molar-refractivity contribution in [2.75, 3.05) is 0 Å². The summed E-state index contributed by atoms with van der Waals surface area (Å²) in [5.74, 6) is 0. The third-order valence-electron chi connectivity index (χ3n) is 2.03. The molecule has 0 aromatic carbocycles. The normalized spacial score (nSPS) is 10.2. The molecule has 0 aliphatic rings. The molecule has 2 heteroatoms. The number of thiophene rings is 1. The third kappa shape index (κ3) is 2.39. The summed E-state index contributed by atoms with van der Waals surface area (Å²) >= 11 is 1.76. The Balaban J connectivity index is 1.94. The molecule has 0 aliphatic carbocycles. The lowest BCUT2D eigenvalue weighted by Crippen LogP contribution is -1.88. The molecule has 0 atom stereocenters. The van der Waals surface area contributed by atoms with Crippen molar-refractivity contribution in [2.45, 2.75) is 12.8 Å². The first kappa shape index (κ1) is 8.45. The van der Waals surface area contributed by atoms with Gasteiger partial charge in [0.15, 0.2) is 0 Å². The molecule has 2 rings (SSSR count). The van der Waals surface area contributed by atoms with Gasteiger partial charge in [0.25, 0.3) is 0 Å². The summed E-state index contributed by atoms with van der Waals surface area (Å²) in [7, 11) is 0. The Morgan fingerprint density at radius 1 is 1.00 bits per heavy atom. The summed E-state index contributed by atoms with van der Waals surface area (Å²) < 4.78 is 0. The van der Waals surface area contributed by atoms with Crippen LogP contribution in [-0.4, -0.2) is 4.98 Å². The van der Waals surface area contributed by atoms with Gasteiger partial charge in [0.2, 0.25) is 0 Å². The number of pyridine rings is 1. The maximum Gasteiger partial charge on any atom is 0.0270 e. The molecule has 0 unspecified atom stereocenters. The van der Waals surface area contributed by atoms with Crippen molar-refractivity contribution < 1.29 is 0 Å². The van der Waals surface area contributed by atoms with Crippen LogP contribution in [0.25, 0.3) is 0 Å². The number of nitrogens with zero attached hydrogens (tertiary/aromatic N) is 1. The van der Waals surface area contributed by atoms with Gasteiger partial charge in [0.1, 0.15) is 0 Å². The minimum atomic E-state index is 1.11. The summed E-state index contributed by atoms with van der Waals surface area (Å²) in [4.78, 5) is 3.99. The van der Waals surface area contributed by atoms with Crippen molar-refractivity contribution in [1.29, 1.82) is 0 Å². The van der Waals surface area contributed by atoms with E-state index in [0.29, 0.717) is 0 Å². The van der Waals surface area contributed by atoms with Crippen LogP contribution in [0.1, 0.15) is 11.1 Å². The highest BCUT2D eigenvalue weighted by Crippen LogP contribution is 2.09. The van der Waals surface area contributed by atoms with Gasteiger partial charge in [-0.25, -0.2) is 0 Å². The summed E-state index contributed by atoms with van der Waals surface area (Å²) in [6.45, 7) is 0.